The van der Waals surface area contributed by atoms with Crippen molar-refractivity contribution >= 4 is 18.0 Å². The third-order valence-corrected chi connectivity index (χ3v) is 2.76. The van der Waals surface area contributed by atoms with Crippen LogP contribution >= 0.6 is 0 Å². The Bertz CT molecular complexity index is 538. The topological polar surface area (TPSA) is 63.6 Å². The fourth-order valence-electron chi connectivity index (χ4n) is 1.89. The van der Waals surface area contributed by atoms with E-state index in [1.807, 2.05) is 0 Å². The number of esters is 1. The average Bonchev–Trinajstić information content (AvgIpc) is 2.42. The molecule has 1 rings (SSSR count). The van der Waals surface area contributed by atoms with Crippen LogP contribution in [0.2, 0.25) is 0 Å². The number of benzene rings is 1. The molecule has 0 heterocycles. The van der Waals surface area contributed by atoms with E-state index in [-0.39, 0.29) is 30.6 Å². The Hall–Kier alpha value is -2.24. The lowest BCUT2D eigenvalue weighted by atomic mass is 9.97. The number of ether oxygens (including phenoxy) is 1. The molecule has 6 heteroatoms. The predicted molar refractivity (Wildman–Crippen MR) is 73.0 cm³/mol. The van der Waals surface area contributed by atoms with Gasteiger partial charge >= 0.3 is 11.9 Å². The fourth-order valence-corrected chi connectivity index (χ4v) is 1.89. The van der Waals surface area contributed by atoms with Crippen LogP contribution in [-0.4, -0.2) is 23.7 Å². The fraction of sp³-hybridized carbons (Fsp3) is 0.333. The second-order valence-electron chi connectivity index (χ2n) is 4.20. The summed E-state index contributed by atoms with van der Waals surface area (Å²) < 4.78 is 31.1. The van der Waals surface area contributed by atoms with E-state index in [9.17, 15) is 18.4 Å². The van der Waals surface area contributed by atoms with Gasteiger partial charge in [0.25, 0.3) is 6.43 Å². The molecular weight excluding hydrogens is 282 g/mol. The molecule has 0 aromatic heterocycles. The molecule has 0 atom stereocenters. The molecule has 0 fully saturated rings. The highest BCUT2D eigenvalue weighted by molar-refractivity contribution is 5.85. The molecule has 21 heavy (non-hydrogen) atoms. The van der Waals surface area contributed by atoms with Crippen molar-refractivity contribution in [3.8, 4) is 0 Å². The summed E-state index contributed by atoms with van der Waals surface area (Å²) >= 11 is 0. The van der Waals surface area contributed by atoms with Crippen LogP contribution in [0.15, 0.2) is 24.3 Å². The second-order valence-corrected chi connectivity index (χ2v) is 4.20. The second kappa shape index (κ2) is 8.14. The lowest BCUT2D eigenvalue weighted by Crippen LogP contribution is -2.07. The number of hydrogen-bond acceptors (Lipinski definition) is 3. The summed E-state index contributed by atoms with van der Waals surface area (Å²) in [7, 11) is 0. The molecule has 0 unspecified atom stereocenters. The number of carbonyl (C=O) groups is 2. The maximum atomic E-state index is 13.2. The van der Waals surface area contributed by atoms with Crippen molar-refractivity contribution in [3.63, 3.8) is 0 Å². The third-order valence-electron chi connectivity index (χ3n) is 2.76. The number of carbonyl (C=O) groups excluding carboxylic acids is 1. The standard InChI is InChI=1S/C15H16F2O4/c1-2-21-13(20)9-7-11-5-3-4-10(6-8-12(18)19)14(11)15(16)17/h3-6,8,15H,2,7,9H2,1H3,(H,18,19)/b8-6+. The van der Waals surface area contributed by atoms with E-state index < -0.39 is 18.4 Å². The molecule has 0 amide bonds. The van der Waals surface area contributed by atoms with Crippen LogP contribution in [0.4, 0.5) is 8.78 Å². The molecule has 0 radical (unpaired) electrons. The first-order valence-corrected chi connectivity index (χ1v) is 6.42. The van der Waals surface area contributed by atoms with Gasteiger partial charge in [0.05, 0.1) is 6.61 Å². The van der Waals surface area contributed by atoms with Crippen LogP contribution in [0.5, 0.6) is 0 Å². The maximum Gasteiger partial charge on any atom is 0.328 e. The Kier molecular flexibility index (Phi) is 6.52. The first-order chi connectivity index (χ1) is 9.95. The van der Waals surface area contributed by atoms with Crippen LogP contribution < -0.4 is 0 Å². The molecule has 0 aliphatic carbocycles. The van der Waals surface area contributed by atoms with Gasteiger partial charge in [-0.05, 0) is 30.5 Å². The van der Waals surface area contributed by atoms with Gasteiger partial charge in [0.1, 0.15) is 0 Å². The van der Waals surface area contributed by atoms with E-state index >= 15 is 0 Å². The smallest absolute Gasteiger partial charge is 0.328 e. The highest BCUT2D eigenvalue weighted by atomic mass is 19.3. The number of carboxylic acids is 1. The van der Waals surface area contributed by atoms with E-state index in [2.05, 4.69) is 0 Å². The summed E-state index contributed by atoms with van der Waals surface area (Å²) in [4.78, 5) is 21.8. The summed E-state index contributed by atoms with van der Waals surface area (Å²) in [6.45, 7) is 1.90. The number of halogens is 2. The Morgan fingerprint density at radius 1 is 1.38 bits per heavy atom. The number of alkyl halides is 2. The summed E-state index contributed by atoms with van der Waals surface area (Å²) in [6, 6.07) is 4.46. The summed E-state index contributed by atoms with van der Waals surface area (Å²) in [5.41, 5.74) is 0.193. The van der Waals surface area contributed by atoms with Gasteiger partial charge in [-0.25, -0.2) is 13.6 Å². The SMILES string of the molecule is CCOC(=O)CCc1cccc(/C=C/C(=O)O)c1C(F)F. The Labute approximate surface area is 121 Å². The normalized spacial score (nSPS) is 11.0. The monoisotopic (exact) mass is 298 g/mol. The van der Waals surface area contributed by atoms with Crippen molar-refractivity contribution in [3.05, 3.63) is 41.0 Å². The van der Waals surface area contributed by atoms with Gasteiger partial charge in [0.15, 0.2) is 0 Å². The van der Waals surface area contributed by atoms with Crippen molar-refractivity contribution in [1.29, 1.82) is 0 Å². The van der Waals surface area contributed by atoms with E-state index in [1.165, 1.54) is 12.1 Å². The lowest BCUT2D eigenvalue weighted by Gasteiger charge is -2.12. The van der Waals surface area contributed by atoms with Crippen molar-refractivity contribution < 1.29 is 28.2 Å². The Morgan fingerprint density at radius 2 is 2.10 bits per heavy atom. The number of hydrogen-bond donors (Lipinski definition) is 1. The summed E-state index contributed by atoms with van der Waals surface area (Å²) in [6.07, 6.45) is -0.710. The Balaban J connectivity index is 3.00. The van der Waals surface area contributed by atoms with Gasteiger partial charge in [-0.15, -0.1) is 0 Å². The van der Waals surface area contributed by atoms with E-state index in [1.54, 1.807) is 13.0 Å². The molecule has 0 aliphatic heterocycles. The number of carboxylic acid groups (broad SMARTS) is 1. The van der Waals surface area contributed by atoms with E-state index in [0.717, 1.165) is 12.2 Å². The van der Waals surface area contributed by atoms with Crippen molar-refractivity contribution in [2.24, 2.45) is 0 Å². The molecule has 1 aromatic carbocycles. The van der Waals surface area contributed by atoms with Gasteiger partial charge in [-0.1, -0.05) is 18.2 Å². The molecular formula is C15H16F2O4. The van der Waals surface area contributed by atoms with Gasteiger partial charge in [0.2, 0.25) is 0 Å². The van der Waals surface area contributed by atoms with Gasteiger partial charge in [0, 0.05) is 18.1 Å². The third kappa shape index (κ3) is 5.33. The highest BCUT2D eigenvalue weighted by Gasteiger charge is 2.17. The minimum Gasteiger partial charge on any atom is -0.478 e. The van der Waals surface area contributed by atoms with Crippen molar-refractivity contribution in [2.45, 2.75) is 26.2 Å². The minimum atomic E-state index is -2.75. The summed E-state index contributed by atoms with van der Waals surface area (Å²) in [5.74, 6) is -1.67. The van der Waals surface area contributed by atoms with Gasteiger partial charge in [-0.2, -0.15) is 0 Å². The van der Waals surface area contributed by atoms with Crippen LogP contribution in [0.3, 0.4) is 0 Å². The number of rotatable bonds is 7. The number of aryl methyl sites for hydroxylation is 1. The molecule has 1 aromatic rings. The predicted octanol–water partition coefficient (Wildman–Crippen LogP) is 3.22. The van der Waals surface area contributed by atoms with Crippen LogP contribution in [-0.2, 0) is 20.7 Å². The van der Waals surface area contributed by atoms with Crippen molar-refractivity contribution in [2.75, 3.05) is 6.61 Å². The summed E-state index contributed by atoms with van der Waals surface area (Å²) in [5, 5.41) is 8.57. The Morgan fingerprint density at radius 3 is 2.67 bits per heavy atom. The lowest BCUT2D eigenvalue weighted by molar-refractivity contribution is -0.143. The van der Waals surface area contributed by atoms with Gasteiger partial charge < -0.3 is 9.84 Å². The highest BCUT2D eigenvalue weighted by Crippen LogP contribution is 2.28. The van der Waals surface area contributed by atoms with Gasteiger partial charge in [-0.3, -0.25) is 4.79 Å². The zero-order valence-electron chi connectivity index (χ0n) is 11.5. The zero-order valence-corrected chi connectivity index (χ0v) is 11.5. The largest absolute Gasteiger partial charge is 0.478 e. The van der Waals surface area contributed by atoms with Crippen LogP contribution in [0.1, 0.15) is 36.5 Å². The number of aliphatic carboxylic acids is 1. The average molecular weight is 298 g/mol. The van der Waals surface area contributed by atoms with Crippen LogP contribution in [0, 0.1) is 0 Å². The first kappa shape index (κ1) is 16.8. The first-order valence-electron chi connectivity index (χ1n) is 6.42. The molecule has 0 aliphatic rings. The zero-order chi connectivity index (χ0) is 15.8. The van der Waals surface area contributed by atoms with E-state index in [4.69, 9.17) is 9.84 Å². The van der Waals surface area contributed by atoms with Crippen molar-refractivity contribution in [1.82, 2.24) is 0 Å². The minimum absolute atomic E-state index is 0.000339. The molecule has 0 saturated heterocycles. The molecule has 0 spiro atoms. The quantitative estimate of drug-likeness (QED) is 0.620. The molecule has 0 bridgehead atoms. The van der Waals surface area contributed by atoms with Crippen LogP contribution in [0.25, 0.3) is 6.08 Å². The maximum absolute atomic E-state index is 13.2. The molecule has 4 nitrogen and oxygen atoms in total. The van der Waals surface area contributed by atoms with E-state index in [0.29, 0.717) is 5.56 Å². The molecule has 1 N–H and O–H groups in total. The molecule has 114 valence electrons. The molecule has 0 saturated carbocycles.